The van der Waals surface area contributed by atoms with E-state index in [0.29, 0.717) is 30.6 Å². The Balaban J connectivity index is 1.44. The third-order valence-electron chi connectivity index (χ3n) is 6.20. The molecule has 1 aliphatic carbocycles. The lowest BCUT2D eigenvalue weighted by atomic mass is 10.1. The monoisotopic (exact) mass is 413 g/mol. The number of carbonyl (C=O) groups is 1. The van der Waals surface area contributed by atoms with Crippen LogP contribution in [0.3, 0.4) is 0 Å². The molecule has 1 aromatic heterocycles. The van der Waals surface area contributed by atoms with Gasteiger partial charge in [0.25, 0.3) is 0 Å². The Bertz CT molecular complexity index is 918. The number of hydrogen-bond donors (Lipinski definition) is 0. The zero-order valence-electron chi connectivity index (χ0n) is 17.4. The highest BCUT2D eigenvalue weighted by Gasteiger charge is 2.36. The van der Waals surface area contributed by atoms with Crippen molar-refractivity contribution >= 4 is 29.2 Å². The largest absolute Gasteiger partial charge is 0.356 e. The summed E-state index contributed by atoms with van der Waals surface area (Å²) in [5, 5.41) is 0.709. The number of aromatic nitrogens is 1. The van der Waals surface area contributed by atoms with Gasteiger partial charge in [0.05, 0.1) is 28.9 Å². The number of carbonyl (C=O) groups excluding carboxylic acids is 1. The van der Waals surface area contributed by atoms with Crippen LogP contribution >= 0.6 is 11.6 Å². The molecule has 0 radical (unpaired) electrons. The number of hydrogen-bond acceptors (Lipinski definition) is 3. The summed E-state index contributed by atoms with van der Waals surface area (Å²) < 4.78 is 0. The Kier molecular flexibility index (Phi) is 5.47. The molecule has 0 aromatic carbocycles. The number of fused-ring (bicyclic) bond motifs is 1. The number of aliphatic imine (C=N–C) groups is 2. The van der Waals surface area contributed by atoms with E-state index < -0.39 is 0 Å². The average Bonchev–Trinajstić information content (AvgIpc) is 3.28. The average molecular weight is 414 g/mol. The first kappa shape index (κ1) is 20.1. The molecule has 1 atom stereocenters. The van der Waals surface area contributed by atoms with Crippen LogP contribution in [0.15, 0.2) is 22.6 Å². The third-order valence-corrected chi connectivity index (χ3v) is 6.75. The van der Waals surface area contributed by atoms with Crippen molar-refractivity contribution in [2.75, 3.05) is 20.1 Å². The van der Waals surface area contributed by atoms with Gasteiger partial charge < -0.3 is 9.80 Å². The first-order valence-electron chi connectivity index (χ1n) is 10.3. The van der Waals surface area contributed by atoms with Gasteiger partial charge in [-0.15, -0.1) is 0 Å². The zero-order valence-corrected chi connectivity index (χ0v) is 18.2. The Morgan fingerprint density at radius 2 is 1.97 bits per heavy atom. The second-order valence-electron chi connectivity index (χ2n) is 8.22. The van der Waals surface area contributed by atoms with Crippen LogP contribution in [0.25, 0.3) is 0 Å². The summed E-state index contributed by atoms with van der Waals surface area (Å²) in [4.78, 5) is 31.0. The van der Waals surface area contributed by atoms with Gasteiger partial charge >= 0.3 is 0 Å². The van der Waals surface area contributed by atoms with Crippen molar-refractivity contribution in [1.82, 2.24) is 14.8 Å². The topological polar surface area (TPSA) is 61.2 Å². The molecule has 3 heterocycles. The van der Waals surface area contributed by atoms with E-state index in [1.54, 1.807) is 13.1 Å². The van der Waals surface area contributed by atoms with Crippen molar-refractivity contribution in [2.45, 2.75) is 46.2 Å². The summed E-state index contributed by atoms with van der Waals surface area (Å²) in [6, 6.07) is 0. The molecule has 1 saturated carbocycles. The first-order chi connectivity index (χ1) is 13.9. The van der Waals surface area contributed by atoms with Gasteiger partial charge in [0, 0.05) is 32.6 Å². The van der Waals surface area contributed by atoms with Crippen LogP contribution < -0.4 is 0 Å². The molecule has 1 unspecified atom stereocenters. The maximum Gasteiger partial charge on any atom is 0.228 e. The van der Waals surface area contributed by atoms with Crippen molar-refractivity contribution in [3.05, 3.63) is 40.2 Å². The van der Waals surface area contributed by atoms with Gasteiger partial charge in [-0.1, -0.05) is 18.2 Å². The summed E-state index contributed by atoms with van der Waals surface area (Å²) in [6.07, 6.45) is 4.93. The van der Waals surface area contributed by atoms with E-state index in [2.05, 4.69) is 21.5 Å². The number of amidine groups is 2. The van der Waals surface area contributed by atoms with Crippen LogP contribution in [0.5, 0.6) is 0 Å². The molecule has 2 fully saturated rings. The molecule has 0 bridgehead atoms. The van der Waals surface area contributed by atoms with Crippen LogP contribution in [-0.4, -0.2) is 52.5 Å². The molecule has 3 aliphatic rings. The molecule has 7 heteroatoms. The van der Waals surface area contributed by atoms with E-state index in [1.807, 2.05) is 18.7 Å². The number of nitrogens with zero attached hydrogens (tertiary/aromatic N) is 5. The minimum Gasteiger partial charge on any atom is -0.356 e. The molecule has 0 spiro atoms. The van der Waals surface area contributed by atoms with Gasteiger partial charge in [-0.05, 0) is 50.3 Å². The van der Waals surface area contributed by atoms with E-state index in [0.717, 1.165) is 60.0 Å². The van der Waals surface area contributed by atoms with Crippen LogP contribution in [0.1, 0.15) is 41.8 Å². The fraction of sp³-hybridized carbons (Fsp3) is 0.545. The lowest BCUT2D eigenvalue weighted by molar-refractivity contribution is -0.135. The minimum atomic E-state index is -0.0331. The summed E-state index contributed by atoms with van der Waals surface area (Å²) in [7, 11) is 1.79. The van der Waals surface area contributed by atoms with Crippen molar-refractivity contribution in [1.29, 1.82) is 0 Å². The fourth-order valence-electron chi connectivity index (χ4n) is 4.32. The number of amides is 1. The maximum atomic E-state index is 13.2. The summed E-state index contributed by atoms with van der Waals surface area (Å²) in [5.41, 5.74) is 3.96. The molecule has 1 aromatic rings. The molecule has 6 nitrogen and oxygen atoms in total. The lowest BCUT2D eigenvalue weighted by Gasteiger charge is -2.21. The van der Waals surface area contributed by atoms with Crippen LogP contribution in [0.2, 0.25) is 5.02 Å². The predicted octanol–water partition coefficient (Wildman–Crippen LogP) is 3.54. The van der Waals surface area contributed by atoms with E-state index in [1.165, 1.54) is 0 Å². The highest BCUT2D eigenvalue weighted by atomic mass is 35.5. The van der Waals surface area contributed by atoms with Crippen molar-refractivity contribution in [2.24, 2.45) is 21.8 Å². The van der Waals surface area contributed by atoms with Gasteiger partial charge in [-0.25, -0.2) is 4.99 Å². The summed E-state index contributed by atoms with van der Waals surface area (Å²) in [6.45, 7) is 10.5. The summed E-state index contributed by atoms with van der Waals surface area (Å²) in [5.74, 6) is 2.38. The van der Waals surface area contributed by atoms with Crippen molar-refractivity contribution < 1.29 is 4.79 Å². The Labute approximate surface area is 177 Å². The number of rotatable bonds is 3. The maximum absolute atomic E-state index is 13.2. The predicted molar refractivity (Wildman–Crippen MR) is 116 cm³/mol. The van der Waals surface area contributed by atoms with Crippen molar-refractivity contribution in [3.8, 4) is 0 Å². The quantitative estimate of drug-likeness (QED) is 0.562. The van der Waals surface area contributed by atoms with Gasteiger partial charge in [0.1, 0.15) is 11.7 Å². The SMILES string of the molecule is C=CC(=NC(=NC)C1CC1)N1CCC(C(=O)N2Cc3nc(C)c(Cl)c(C)c3C2)C1. The van der Waals surface area contributed by atoms with Crippen LogP contribution in [0, 0.1) is 25.7 Å². The number of likely N-dealkylation sites (tertiary alicyclic amines) is 1. The smallest absolute Gasteiger partial charge is 0.228 e. The molecule has 1 amide bonds. The lowest BCUT2D eigenvalue weighted by Crippen LogP contribution is -2.35. The van der Waals surface area contributed by atoms with Crippen molar-refractivity contribution in [3.63, 3.8) is 0 Å². The fourth-order valence-corrected chi connectivity index (χ4v) is 4.48. The molecular formula is C22H28ClN5O. The van der Waals surface area contributed by atoms with E-state index >= 15 is 0 Å². The van der Waals surface area contributed by atoms with E-state index in [4.69, 9.17) is 16.6 Å². The van der Waals surface area contributed by atoms with E-state index in [9.17, 15) is 4.79 Å². The molecule has 154 valence electrons. The number of aryl methyl sites for hydroxylation is 1. The van der Waals surface area contributed by atoms with Crippen LogP contribution in [0.4, 0.5) is 0 Å². The normalized spacial score (nSPS) is 22.3. The standard InChI is InChI=1S/C22H28ClN5O/c1-5-19(26-21(24-4)15-6-7-15)27-9-8-16(10-27)22(29)28-11-17-13(2)20(23)14(3)25-18(17)12-28/h5,15-16H,1,6-12H2,2-4H3. The highest BCUT2D eigenvalue weighted by Crippen LogP contribution is 2.33. The summed E-state index contributed by atoms with van der Waals surface area (Å²) >= 11 is 6.36. The van der Waals surface area contributed by atoms with Crippen LogP contribution in [-0.2, 0) is 17.9 Å². The Morgan fingerprint density at radius 1 is 1.21 bits per heavy atom. The molecule has 0 N–H and O–H groups in total. The molecule has 29 heavy (non-hydrogen) atoms. The minimum absolute atomic E-state index is 0.0331. The number of pyridine rings is 1. The van der Waals surface area contributed by atoms with Gasteiger partial charge in [0.2, 0.25) is 5.91 Å². The molecule has 4 rings (SSSR count). The highest BCUT2D eigenvalue weighted by molar-refractivity contribution is 6.32. The molecular weight excluding hydrogens is 386 g/mol. The molecule has 1 saturated heterocycles. The Morgan fingerprint density at radius 3 is 2.62 bits per heavy atom. The molecule has 2 aliphatic heterocycles. The zero-order chi connectivity index (χ0) is 20.7. The second kappa shape index (κ2) is 7.90. The van der Waals surface area contributed by atoms with Gasteiger partial charge in [-0.3, -0.25) is 14.8 Å². The first-order valence-corrected chi connectivity index (χ1v) is 10.7. The van der Waals surface area contributed by atoms with E-state index in [-0.39, 0.29) is 11.8 Å². The second-order valence-corrected chi connectivity index (χ2v) is 8.60. The number of halogens is 1. The third kappa shape index (κ3) is 3.82. The Hall–Kier alpha value is -2.21. The van der Waals surface area contributed by atoms with Gasteiger partial charge in [-0.2, -0.15) is 0 Å². The van der Waals surface area contributed by atoms with Gasteiger partial charge in [0.15, 0.2) is 0 Å².